The van der Waals surface area contributed by atoms with Crippen molar-refractivity contribution in [2.45, 2.75) is 19.3 Å². The number of piperidine rings is 1. The molecule has 1 aliphatic rings. The molecule has 1 saturated heterocycles. The molecule has 1 unspecified atom stereocenters. The van der Waals surface area contributed by atoms with Crippen LogP contribution < -0.4 is 10.2 Å². The van der Waals surface area contributed by atoms with Gasteiger partial charge in [-0.3, -0.25) is 4.79 Å². The fraction of sp³-hybridized carbons (Fsp3) is 0.500. The summed E-state index contributed by atoms with van der Waals surface area (Å²) >= 11 is 0. The van der Waals surface area contributed by atoms with Gasteiger partial charge in [0.15, 0.2) is 0 Å². The van der Waals surface area contributed by atoms with E-state index in [4.69, 9.17) is 0 Å². The molecule has 2 rings (SSSR count). The topological polar surface area (TPSA) is 52.6 Å². The first-order valence-electron chi connectivity index (χ1n) is 6.43. The number of nitrogens with zero attached hydrogens (tertiary/aromatic N) is 1. The van der Waals surface area contributed by atoms with Crippen LogP contribution in [0.1, 0.15) is 19.3 Å². The van der Waals surface area contributed by atoms with Gasteiger partial charge in [0, 0.05) is 19.2 Å². The maximum atomic E-state index is 12.1. The van der Waals surface area contributed by atoms with Crippen LogP contribution in [0, 0.1) is 5.92 Å². The summed E-state index contributed by atoms with van der Waals surface area (Å²) in [7, 11) is 1.78. The Morgan fingerprint density at radius 2 is 2.17 bits per heavy atom. The lowest BCUT2D eigenvalue weighted by Crippen LogP contribution is -2.35. The Bertz CT molecular complexity index is 397. The van der Waals surface area contributed by atoms with Crippen LogP contribution in [0.2, 0.25) is 0 Å². The van der Waals surface area contributed by atoms with E-state index < -0.39 is 0 Å². The van der Waals surface area contributed by atoms with Gasteiger partial charge in [-0.2, -0.15) is 0 Å². The van der Waals surface area contributed by atoms with Gasteiger partial charge in [-0.15, -0.1) is 0 Å². The van der Waals surface area contributed by atoms with Crippen LogP contribution >= 0.6 is 0 Å². The van der Waals surface area contributed by atoms with Gasteiger partial charge in [-0.1, -0.05) is 0 Å². The van der Waals surface area contributed by atoms with Crippen molar-refractivity contribution in [3.8, 4) is 5.75 Å². The summed E-state index contributed by atoms with van der Waals surface area (Å²) in [6.45, 7) is 2.01. The summed E-state index contributed by atoms with van der Waals surface area (Å²) < 4.78 is 0. The lowest BCUT2D eigenvalue weighted by molar-refractivity contribution is -0.119. The van der Waals surface area contributed by atoms with Crippen molar-refractivity contribution in [2.24, 2.45) is 5.92 Å². The number of hydrogen-bond acceptors (Lipinski definition) is 3. The molecule has 0 aliphatic carbocycles. The number of benzene rings is 1. The van der Waals surface area contributed by atoms with Crippen LogP contribution in [0.3, 0.4) is 0 Å². The molecule has 1 aromatic rings. The molecule has 1 aromatic carbocycles. The second-order valence-electron chi connectivity index (χ2n) is 4.89. The van der Waals surface area contributed by atoms with Crippen LogP contribution in [-0.4, -0.2) is 31.2 Å². The maximum Gasteiger partial charge on any atom is 0.227 e. The number of carbonyl (C=O) groups is 1. The van der Waals surface area contributed by atoms with Crippen LogP contribution in [0.15, 0.2) is 24.3 Å². The first-order chi connectivity index (χ1) is 8.66. The normalized spacial score (nSPS) is 19.5. The molecule has 0 bridgehead atoms. The zero-order chi connectivity index (χ0) is 13.0. The highest BCUT2D eigenvalue weighted by Gasteiger charge is 2.19. The molecule has 4 nitrogen and oxygen atoms in total. The Hall–Kier alpha value is -1.55. The van der Waals surface area contributed by atoms with E-state index in [9.17, 15) is 9.90 Å². The number of anilines is 1. The van der Waals surface area contributed by atoms with E-state index in [1.165, 1.54) is 0 Å². The SMILES string of the molecule is CN(C(=O)CC1CCCNC1)c1ccc(O)cc1. The number of nitrogens with one attached hydrogen (secondary N) is 1. The zero-order valence-corrected chi connectivity index (χ0v) is 10.7. The van der Waals surface area contributed by atoms with Crippen LogP contribution in [0.5, 0.6) is 5.75 Å². The third-order valence-corrected chi connectivity index (χ3v) is 3.47. The number of phenols is 1. The van der Waals surface area contributed by atoms with Gasteiger partial charge in [0.05, 0.1) is 0 Å². The fourth-order valence-electron chi connectivity index (χ4n) is 2.30. The summed E-state index contributed by atoms with van der Waals surface area (Å²) in [4.78, 5) is 13.8. The Kier molecular flexibility index (Phi) is 4.20. The van der Waals surface area contributed by atoms with Gasteiger partial charge in [0.1, 0.15) is 5.75 Å². The van der Waals surface area contributed by atoms with Crippen molar-refractivity contribution in [3.63, 3.8) is 0 Å². The van der Waals surface area contributed by atoms with Gasteiger partial charge < -0.3 is 15.3 Å². The summed E-state index contributed by atoms with van der Waals surface area (Å²) in [5.74, 6) is 0.802. The predicted molar refractivity (Wildman–Crippen MR) is 71.7 cm³/mol. The molecule has 0 spiro atoms. The number of carbonyl (C=O) groups excluding carboxylic acids is 1. The minimum absolute atomic E-state index is 0.134. The Morgan fingerprint density at radius 3 is 2.78 bits per heavy atom. The zero-order valence-electron chi connectivity index (χ0n) is 10.7. The third-order valence-electron chi connectivity index (χ3n) is 3.47. The Labute approximate surface area is 108 Å². The largest absolute Gasteiger partial charge is 0.508 e. The number of phenolic OH excluding ortho intramolecular Hbond substituents is 1. The molecule has 1 fully saturated rings. The van der Waals surface area contributed by atoms with Crippen LogP contribution in [0.25, 0.3) is 0 Å². The van der Waals surface area contributed by atoms with E-state index in [0.29, 0.717) is 12.3 Å². The molecule has 1 aliphatic heterocycles. The monoisotopic (exact) mass is 248 g/mol. The number of rotatable bonds is 3. The quantitative estimate of drug-likeness (QED) is 0.856. The number of amides is 1. The average molecular weight is 248 g/mol. The second kappa shape index (κ2) is 5.87. The van der Waals surface area contributed by atoms with Gasteiger partial charge >= 0.3 is 0 Å². The van der Waals surface area contributed by atoms with E-state index in [2.05, 4.69) is 5.32 Å². The van der Waals surface area contributed by atoms with Gasteiger partial charge in [0.25, 0.3) is 0 Å². The minimum Gasteiger partial charge on any atom is -0.508 e. The standard InChI is InChI=1S/C14H20N2O2/c1-16(12-4-6-13(17)7-5-12)14(18)9-11-3-2-8-15-10-11/h4-7,11,15,17H,2-3,8-10H2,1H3. The highest BCUT2D eigenvalue weighted by Crippen LogP contribution is 2.20. The highest BCUT2D eigenvalue weighted by molar-refractivity contribution is 5.92. The van der Waals surface area contributed by atoms with E-state index in [1.807, 2.05) is 0 Å². The van der Waals surface area contributed by atoms with Crippen molar-refractivity contribution in [1.82, 2.24) is 5.32 Å². The molecule has 1 amide bonds. The Balaban J connectivity index is 1.93. The van der Waals surface area contributed by atoms with E-state index in [0.717, 1.165) is 31.6 Å². The molecule has 2 N–H and O–H groups in total. The molecule has 0 radical (unpaired) electrons. The van der Waals surface area contributed by atoms with Gasteiger partial charge in [-0.05, 0) is 56.1 Å². The van der Waals surface area contributed by atoms with Crippen LogP contribution in [-0.2, 0) is 4.79 Å². The minimum atomic E-state index is 0.134. The van der Waals surface area contributed by atoms with Crippen LogP contribution in [0.4, 0.5) is 5.69 Å². The Morgan fingerprint density at radius 1 is 1.44 bits per heavy atom. The van der Waals surface area contributed by atoms with E-state index in [1.54, 1.807) is 36.2 Å². The molecule has 0 saturated carbocycles. The van der Waals surface area contributed by atoms with Crippen molar-refractivity contribution >= 4 is 11.6 Å². The fourth-order valence-corrected chi connectivity index (χ4v) is 2.30. The van der Waals surface area contributed by atoms with E-state index >= 15 is 0 Å². The first-order valence-corrected chi connectivity index (χ1v) is 6.43. The molecule has 0 aromatic heterocycles. The number of hydrogen-bond donors (Lipinski definition) is 2. The highest BCUT2D eigenvalue weighted by atomic mass is 16.3. The molecular weight excluding hydrogens is 228 g/mol. The summed E-state index contributed by atoms with van der Waals surface area (Å²) in [6, 6.07) is 6.71. The average Bonchev–Trinajstić information content (AvgIpc) is 2.40. The molecule has 98 valence electrons. The molecule has 1 heterocycles. The molecule has 1 atom stereocenters. The first kappa shape index (κ1) is 12.9. The van der Waals surface area contributed by atoms with Crippen molar-refractivity contribution < 1.29 is 9.90 Å². The van der Waals surface area contributed by atoms with Crippen molar-refractivity contribution in [3.05, 3.63) is 24.3 Å². The third kappa shape index (κ3) is 3.23. The summed E-state index contributed by atoms with van der Waals surface area (Å²) in [5, 5.41) is 12.5. The number of aromatic hydroxyl groups is 1. The molecule has 4 heteroatoms. The van der Waals surface area contributed by atoms with Crippen molar-refractivity contribution in [1.29, 1.82) is 0 Å². The van der Waals surface area contributed by atoms with Crippen molar-refractivity contribution in [2.75, 3.05) is 25.0 Å². The second-order valence-corrected chi connectivity index (χ2v) is 4.89. The predicted octanol–water partition coefficient (Wildman–Crippen LogP) is 1.74. The smallest absolute Gasteiger partial charge is 0.227 e. The van der Waals surface area contributed by atoms with E-state index in [-0.39, 0.29) is 11.7 Å². The molecular formula is C14H20N2O2. The van der Waals surface area contributed by atoms with Gasteiger partial charge in [0.2, 0.25) is 5.91 Å². The lowest BCUT2D eigenvalue weighted by Gasteiger charge is -2.25. The van der Waals surface area contributed by atoms with Gasteiger partial charge in [-0.25, -0.2) is 0 Å². The maximum absolute atomic E-state index is 12.1. The summed E-state index contributed by atoms with van der Waals surface area (Å²) in [5.41, 5.74) is 0.821. The summed E-state index contributed by atoms with van der Waals surface area (Å²) in [6.07, 6.45) is 2.87. The molecule has 18 heavy (non-hydrogen) atoms. The lowest BCUT2D eigenvalue weighted by atomic mass is 9.95.